The Bertz CT molecular complexity index is 804. The second kappa shape index (κ2) is 7.34. The van der Waals surface area contributed by atoms with E-state index in [0.29, 0.717) is 31.9 Å². The Balaban J connectivity index is 1.59. The summed E-state index contributed by atoms with van der Waals surface area (Å²) in [7, 11) is 1.86. The van der Waals surface area contributed by atoms with Gasteiger partial charge in [0.15, 0.2) is 5.69 Å². The number of nitrogens with zero attached hydrogens (tertiary/aromatic N) is 6. The van der Waals surface area contributed by atoms with Gasteiger partial charge in [-0.3, -0.25) is 19.1 Å². The zero-order valence-electron chi connectivity index (χ0n) is 15.6. The van der Waals surface area contributed by atoms with E-state index < -0.39 is 17.9 Å². The summed E-state index contributed by atoms with van der Waals surface area (Å²) in [5.41, 5.74) is 0.455. The fraction of sp³-hybridized carbons (Fsp3) is 0.588. The summed E-state index contributed by atoms with van der Waals surface area (Å²) < 4.78 is 41.4. The van der Waals surface area contributed by atoms with Crippen LogP contribution in [0.5, 0.6) is 0 Å². The predicted molar refractivity (Wildman–Crippen MR) is 91.7 cm³/mol. The lowest BCUT2D eigenvalue weighted by atomic mass is 10.2. The molecule has 0 aliphatic carbocycles. The summed E-state index contributed by atoms with van der Waals surface area (Å²) in [5, 5.41) is 7.74. The largest absolute Gasteiger partial charge is 0.435 e. The van der Waals surface area contributed by atoms with Gasteiger partial charge in [-0.25, -0.2) is 0 Å². The number of rotatable bonds is 4. The normalized spacial score (nSPS) is 17.3. The van der Waals surface area contributed by atoms with Crippen molar-refractivity contribution >= 4 is 5.91 Å². The fourth-order valence-electron chi connectivity index (χ4n) is 3.33. The van der Waals surface area contributed by atoms with Crippen LogP contribution < -0.4 is 0 Å². The number of alkyl halides is 3. The van der Waals surface area contributed by atoms with Crippen LogP contribution in [0.4, 0.5) is 13.2 Å². The van der Waals surface area contributed by atoms with Crippen molar-refractivity contribution in [3.05, 3.63) is 35.4 Å². The molecule has 0 aromatic carbocycles. The highest BCUT2D eigenvalue weighted by Crippen LogP contribution is 2.29. The number of hydrogen-bond acceptors (Lipinski definition) is 4. The molecular weight excluding hydrogens is 361 g/mol. The van der Waals surface area contributed by atoms with E-state index in [0.717, 1.165) is 22.9 Å². The maximum atomic E-state index is 12.8. The fourth-order valence-corrected chi connectivity index (χ4v) is 3.33. The lowest BCUT2D eigenvalue weighted by molar-refractivity contribution is -0.143. The van der Waals surface area contributed by atoms with Crippen LogP contribution in [-0.4, -0.2) is 61.4 Å². The van der Waals surface area contributed by atoms with Crippen molar-refractivity contribution in [2.45, 2.75) is 32.6 Å². The molecule has 1 fully saturated rings. The minimum Gasteiger partial charge on any atom is -0.338 e. The molecule has 27 heavy (non-hydrogen) atoms. The highest BCUT2D eigenvalue weighted by molar-refractivity contribution is 5.80. The van der Waals surface area contributed by atoms with E-state index in [2.05, 4.69) is 15.1 Å². The summed E-state index contributed by atoms with van der Waals surface area (Å²) in [6.45, 7) is 6.37. The van der Waals surface area contributed by atoms with Crippen LogP contribution in [-0.2, 0) is 24.6 Å². The van der Waals surface area contributed by atoms with Crippen LogP contribution >= 0.6 is 0 Å². The minimum absolute atomic E-state index is 0.212. The molecule has 2 aromatic rings. The van der Waals surface area contributed by atoms with Gasteiger partial charge in [0.25, 0.3) is 0 Å². The van der Waals surface area contributed by atoms with Gasteiger partial charge >= 0.3 is 6.18 Å². The van der Waals surface area contributed by atoms with Gasteiger partial charge in [-0.15, -0.1) is 0 Å². The first-order valence-corrected chi connectivity index (χ1v) is 8.77. The van der Waals surface area contributed by atoms with Gasteiger partial charge in [0, 0.05) is 57.2 Å². The van der Waals surface area contributed by atoms with Crippen LogP contribution in [0.3, 0.4) is 0 Å². The molecule has 148 valence electrons. The zero-order valence-corrected chi connectivity index (χ0v) is 15.6. The smallest absolute Gasteiger partial charge is 0.338 e. The number of hydrogen-bond donors (Lipinski definition) is 0. The Morgan fingerprint density at radius 1 is 1.26 bits per heavy atom. The van der Waals surface area contributed by atoms with Gasteiger partial charge in [-0.05, 0) is 19.9 Å². The van der Waals surface area contributed by atoms with E-state index in [1.54, 1.807) is 16.5 Å². The first kappa shape index (κ1) is 19.4. The summed E-state index contributed by atoms with van der Waals surface area (Å²) in [4.78, 5) is 16.7. The number of carbonyl (C=O) groups excluding carboxylic acids is 1. The SMILES string of the molecule is Cc1cc(C(F)(F)F)nn1C(C)C(=O)N1CCN(Cc2cnn(C)c2)CC1. The van der Waals surface area contributed by atoms with E-state index in [1.807, 2.05) is 19.4 Å². The first-order chi connectivity index (χ1) is 12.6. The van der Waals surface area contributed by atoms with E-state index in [1.165, 1.54) is 6.92 Å². The van der Waals surface area contributed by atoms with Gasteiger partial charge in [-0.1, -0.05) is 0 Å². The Morgan fingerprint density at radius 3 is 2.44 bits per heavy atom. The topological polar surface area (TPSA) is 59.2 Å². The standard InChI is InChI=1S/C17H23F3N6O/c1-12-8-15(17(18,19)20)22-26(12)13(2)16(27)25-6-4-24(5-7-25)11-14-9-21-23(3)10-14/h8-10,13H,4-7,11H2,1-3H3. The molecule has 1 unspecified atom stereocenters. The van der Waals surface area contributed by atoms with Crippen molar-refractivity contribution in [3.8, 4) is 0 Å². The van der Waals surface area contributed by atoms with Crippen molar-refractivity contribution < 1.29 is 18.0 Å². The van der Waals surface area contributed by atoms with Crippen molar-refractivity contribution in [2.75, 3.05) is 26.2 Å². The third-order valence-electron chi connectivity index (χ3n) is 4.79. The highest BCUT2D eigenvalue weighted by Gasteiger charge is 2.36. The lowest BCUT2D eigenvalue weighted by Gasteiger charge is -2.35. The van der Waals surface area contributed by atoms with Crippen molar-refractivity contribution in [3.63, 3.8) is 0 Å². The number of halogens is 3. The van der Waals surface area contributed by atoms with Crippen molar-refractivity contribution in [1.82, 2.24) is 29.4 Å². The Labute approximate surface area is 155 Å². The number of aryl methyl sites for hydroxylation is 2. The quantitative estimate of drug-likeness (QED) is 0.807. The minimum atomic E-state index is -4.52. The number of aromatic nitrogens is 4. The molecule has 1 aliphatic heterocycles. The molecule has 1 atom stereocenters. The molecule has 0 spiro atoms. The Morgan fingerprint density at radius 2 is 1.93 bits per heavy atom. The monoisotopic (exact) mass is 384 g/mol. The molecule has 0 saturated carbocycles. The maximum Gasteiger partial charge on any atom is 0.435 e. The second-order valence-electron chi connectivity index (χ2n) is 6.91. The third kappa shape index (κ3) is 4.32. The Hall–Kier alpha value is -2.36. The van der Waals surface area contributed by atoms with Crippen LogP contribution in [0, 0.1) is 6.92 Å². The summed E-state index contributed by atoms with van der Waals surface area (Å²) in [6, 6.07) is 0.196. The van der Waals surface area contributed by atoms with Crippen LogP contribution in [0.1, 0.15) is 29.9 Å². The lowest BCUT2D eigenvalue weighted by Crippen LogP contribution is -2.50. The molecule has 7 nitrogen and oxygen atoms in total. The van der Waals surface area contributed by atoms with Crippen LogP contribution in [0.25, 0.3) is 0 Å². The molecule has 3 rings (SSSR count). The van der Waals surface area contributed by atoms with Crippen molar-refractivity contribution in [1.29, 1.82) is 0 Å². The highest BCUT2D eigenvalue weighted by atomic mass is 19.4. The maximum absolute atomic E-state index is 12.8. The van der Waals surface area contributed by atoms with Crippen LogP contribution in [0.15, 0.2) is 18.5 Å². The molecule has 1 aliphatic rings. The molecule has 10 heteroatoms. The van der Waals surface area contributed by atoms with E-state index in [-0.39, 0.29) is 5.91 Å². The van der Waals surface area contributed by atoms with E-state index in [4.69, 9.17) is 0 Å². The van der Waals surface area contributed by atoms with Gasteiger partial charge < -0.3 is 4.90 Å². The second-order valence-corrected chi connectivity index (χ2v) is 6.91. The Kier molecular flexibility index (Phi) is 5.27. The molecule has 0 N–H and O–H groups in total. The average molecular weight is 384 g/mol. The van der Waals surface area contributed by atoms with E-state index in [9.17, 15) is 18.0 Å². The van der Waals surface area contributed by atoms with Crippen LogP contribution in [0.2, 0.25) is 0 Å². The van der Waals surface area contributed by atoms with Gasteiger partial charge in [0.05, 0.1) is 6.20 Å². The zero-order chi connectivity index (χ0) is 19.8. The molecule has 1 saturated heterocycles. The summed E-state index contributed by atoms with van der Waals surface area (Å²) in [5.74, 6) is -0.212. The summed E-state index contributed by atoms with van der Waals surface area (Å²) in [6.07, 6.45) is -0.743. The molecular formula is C17H23F3N6O. The van der Waals surface area contributed by atoms with Gasteiger partial charge in [0.1, 0.15) is 6.04 Å². The number of piperazine rings is 1. The van der Waals surface area contributed by atoms with Crippen molar-refractivity contribution in [2.24, 2.45) is 7.05 Å². The number of amides is 1. The molecule has 3 heterocycles. The van der Waals surface area contributed by atoms with E-state index >= 15 is 0 Å². The van der Waals surface area contributed by atoms with Gasteiger partial charge in [0.2, 0.25) is 5.91 Å². The van der Waals surface area contributed by atoms with Gasteiger partial charge in [-0.2, -0.15) is 23.4 Å². The first-order valence-electron chi connectivity index (χ1n) is 8.77. The molecule has 1 amide bonds. The average Bonchev–Trinajstić information content (AvgIpc) is 3.19. The molecule has 2 aromatic heterocycles. The third-order valence-corrected chi connectivity index (χ3v) is 4.79. The predicted octanol–water partition coefficient (Wildman–Crippen LogP) is 1.85. The molecule has 0 radical (unpaired) electrons. The number of carbonyl (C=O) groups is 1. The molecule has 0 bridgehead atoms. The summed E-state index contributed by atoms with van der Waals surface area (Å²) >= 11 is 0.